The molecule has 0 aliphatic rings. The highest BCUT2D eigenvalue weighted by Crippen LogP contribution is 2.46. The highest BCUT2D eigenvalue weighted by Gasteiger charge is 2.20. The van der Waals surface area contributed by atoms with Crippen molar-refractivity contribution in [3.63, 3.8) is 0 Å². The fraction of sp³-hybridized carbons (Fsp3) is 0.0196. The van der Waals surface area contributed by atoms with Crippen molar-refractivity contribution in [3.05, 3.63) is 211 Å². The molecule has 10 aromatic rings. The summed E-state index contributed by atoms with van der Waals surface area (Å²) in [5.41, 5.74) is 17.7. The average Bonchev–Trinajstić information content (AvgIpc) is 3.82. The summed E-state index contributed by atoms with van der Waals surface area (Å²) in [5.74, 6) is 1.03. The second-order valence-electron chi connectivity index (χ2n) is 13.9. The Hall–Kier alpha value is -7.08. The predicted molar refractivity (Wildman–Crippen MR) is 238 cm³/mol. The van der Waals surface area contributed by atoms with Gasteiger partial charge >= 0.3 is 0 Å². The maximum Gasteiger partial charge on any atom is 0.157 e. The van der Waals surface area contributed by atoms with E-state index in [0.29, 0.717) is 18.2 Å². The van der Waals surface area contributed by atoms with Crippen LogP contribution >= 0.6 is 11.3 Å². The third-order valence-electron chi connectivity index (χ3n) is 10.5. The van der Waals surface area contributed by atoms with Crippen molar-refractivity contribution in [1.82, 2.24) is 4.57 Å². The number of nitrogens with two attached hydrogens (primary N) is 1. The number of hydrogen-bond acceptors (Lipinski definition) is 2. The Balaban J connectivity index is 1.18. The summed E-state index contributed by atoms with van der Waals surface area (Å²) in [6.07, 6.45) is 0. The van der Waals surface area contributed by atoms with Crippen LogP contribution in [0.4, 0.5) is 0 Å². The quantitative estimate of drug-likeness (QED) is 0.129. The van der Waals surface area contributed by atoms with Gasteiger partial charge in [-0.05, 0) is 52.1 Å². The van der Waals surface area contributed by atoms with Gasteiger partial charge in [0.15, 0.2) is 5.84 Å². The predicted octanol–water partition coefficient (Wildman–Crippen LogP) is 12.8. The molecule has 0 bridgehead atoms. The zero-order chi connectivity index (χ0) is 37.4. The maximum atomic E-state index is 6.60. The number of nitrogens with zero attached hydrogens (tertiary/aromatic N) is 3. The largest absolute Gasteiger partial charge is 0.383 e. The first-order valence-electron chi connectivity index (χ1n) is 18.8. The lowest BCUT2D eigenvalue weighted by Gasteiger charge is -2.13. The van der Waals surface area contributed by atoms with E-state index in [1.165, 1.54) is 47.5 Å². The lowest BCUT2D eigenvalue weighted by molar-refractivity contribution is 1.06. The standard InChI is InChI=1S/C51H36N4S/c52-50(35-18-7-2-8-19-35)54-51(36-20-9-3-10-21-36)53-33-38-32-37(34-16-5-1-6-17-34)28-29-40(38)43-25-15-26-44-45-31-30-42-41-24-13-14-27-46(41)55(39-22-11-4-12-23-39)47(42)49(45)56-48(43)44/h1-32H,33H2,(H2,52,53,54). The Morgan fingerprint density at radius 3 is 1.89 bits per heavy atom. The van der Waals surface area contributed by atoms with Crippen LogP contribution in [0.2, 0.25) is 0 Å². The van der Waals surface area contributed by atoms with Gasteiger partial charge in [-0.3, -0.25) is 4.99 Å². The van der Waals surface area contributed by atoms with Gasteiger partial charge in [-0.25, -0.2) is 4.99 Å². The number of amidine groups is 2. The molecule has 0 unspecified atom stereocenters. The van der Waals surface area contributed by atoms with Crippen LogP contribution in [0.1, 0.15) is 16.7 Å². The SMILES string of the molecule is NC(=NC(=NCc1cc(-c2ccccc2)ccc1-c1cccc2c1sc1c2ccc2c3ccccc3n(-c3ccccc3)c21)c1ccccc1)c1ccccc1. The Morgan fingerprint density at radius 1 is 0.500 bits per heavy atom. The molecule has 0 fully saturated rings. The number of fused-ring (bicyclic) bond motifs is 7. The summed E-state index contributed by atoms with van der Waals surface area (Å²) in [4.78, 5) is 10.2. The van der Waals surface area contributed by atoms with E-state index in [1.807, 2.05) is 72.0 Å². The number of thiophene rings is 1. The molecular weight excluding hydrogens is 701 g/mol. The Kier molecular flexibility index (Phi) is 8.55. The van der Waals surface area contributed by atoms with E-state index in [2.05, 4.69) is 138 Å². The first-order chi connectivity index (χ1) is 27.7. The number of hydrogen-bond donors (Lipinski definition) is 1. The molecule has 0 aliphatic heterocycles. The monoisotopic (exact) mass is 736 g/mol. The van der Waals surface area contributed by atoms with Gasteiger partial charge in [0.2, 0.25) is 0 Å². The van der Waals surface area contributed by atoms with Crippen LogP contribution in [0.5, 0.6) is 0 Å². The van der Waals surface area contributed by atoms with Gasteiger partial charge in [0, 0.05) is 43.1 Å². The third kappa shape index (κ3) is 5.95. The van der Waals surface area contributed by atoms with Crippen LogP contribution in [0.15, 0.2) is 204 Å². The normalized spacial score (nSPS) is 12.3. The summed E-state index contributed by atoms with van der Waals surface area (Å²) in [6.45, 7) is 0.416. The van der Waals surface area contributed by atoms with E-state index in [0.717, 1.165) is 39.1 Å². The van der Waals surface area contributed by atoms with E-state index in [9.17, 15) is 0 Å². The van der Waals surface area contributed by atoms with Gasteiger partial charge in [-0.2, -0.15) is 0 Å². The minimum absolute atomic E-state index is 0.416. The van der Waals surface area contributed by atoms with Crippen LogP contribution in [-0.2, 0) is 6.54 Å². The fourth-order valence-electron chi connectivity index (χ4n) is 7.88. The van der Waals surface area contributed by atoms with E-state index < -0.39 is 0 Å². The Bertz CT molecular complexity index is 3090. The van der Waals surface area contributed by atoms with Gasteiger partial charge in [0.1, 0.15) is 5.84 Å². The topological polar surface area (TPSA) is 55.7 Å². The molecular formula is C51H36N4S. The molecule has 266 valence electrons. The molecule has 2 aromatic heterocycles. The van der Waals surface area contributed by atoms with Crippen molar-refractivity contribution in [2.45, 2.75) is 6.54 Å². The van der Waals surface area contributed by atoms with Gasteiger partial charge < -0.3 is 10.3 Å². The van der Waals surface area contributed by atoms with Crippen LogP contribution in [0, 0.1) is 0 Å². The maximum absolute atomic E-state index is 6.60. The average molecular weight is 737 g/mol. The molecule has 8 aromatic carbocycles. The van der Waals surface area contributed by atoms with Gasteiger partial charge in [0.05, 0.1) is 22.3 Å². The summed E-state index contributed by atoms with van der Waals surface area (Å²) < 4.78 is 4.97. The molecule has 0 aliphatic carbocycles. The number of para-hydroxylation sites is 2. The second-order valence-corrected chi connectivity index (χ2v) is 14.9. The molecule has 2 heterocycles. The number of rotatable bonds is 7. The van der Waals surface area contributed by atoms with Crippen molar-refractivity contribution in [2.75, 3.05) is 0 Å². The first kappa shape index (κ1) is 33.5. The van der Waals surface area contributed by atoms with E-state index in [4.69, 9.17) is 15.7 Å². The number of aromatic nitrogens is 1. The minimum Gasteiger partial charge on any atom is -0.383 e. The first-order valence-corrected chi connectivity index (χ1v) is 19.6. The smallest absolute Gasteiger partial charge is 0.157 e. The molecule has 0 saturated heterocycles. The zero-order valence-corrected chi connectivity index (χ0v) is 31.3. The fourth-order valence-corrected chi connectivity index (χ4v) is 9.25. The van der Waals surface area contributed by atoms with Gasteiger partial charge in [-0.15, -0.1) is 11.3 Å². The molecule has 0 atom stereocenters. The minimum atomic E-state index is 0.416. The van der Waals surface area contributed by atoms with E-state index in [1.54, 1.807) is 0 Å². The molecule has 5 heteroatoms. The molecule has 2 N–H and O–H groups in total. The highest BCUT2D eigenvalue weighted by molar-refractivity contribution is 7.27. The van der Waals surface area contributed by atoms with E-state index >= 15 is 0 Å². The molecule has 10 rings (SSSR count). The van der Waals surface area contributed by atoms with Crippen LogP contribution in [0.3, 0.4) is 0 Å². The Labute approximate surface area is 329 Å². The van der Waals surface area contributed by atoms with E-state index in [-0.39, 0.29) is 0 Å². The van der Waals surface area contributed by atoms with Crippen LogP contribution in [0.25, 0.3) is 69.9 Å². The Morgan fingerprint density at radius 2 is 1.12 bits per heavy atom. The summed E-state index contributed by atoms with van der Waals surface area (Å²) in [6, 6.07) is 68.1. The summed E-state index contributed by atoms with van der Waals surface area (Å²) in [5, 5.41) is 5.03. The van der Waals surface area contributed by atoms with Gasteiger partial charge in [0.25, 0.3) is 0 Å². The summed E-state index contributed by atoms with van der Waals surface area (Å²) in [7, 11) is 0. The van der Waals surface area contributed by atoms with Crippen molar-refractivity contribution in [1.29, 1.82) is 0 Å². The highest BCUT2D eigenvalue weighted by atomic mass is 32.1. The number of aliphatic imine (C=N–C) groups is 2. The summed E-state index contributed by atoms with van der Waals surface area (Å²) >= 11 is 1.88. The number of benzene rings is 8. The lowest BCUT2D eigenvalue weighted by atomic mass is 9.94. The second kappa shape index (κ2) is 14.3. The molecule has 4 nitrogen and oxygen atoms in total. The van der Waals surface area contributed by atoms with Crippen LogP contribution < -0.4 is 5.73 Å². The molecule has 0 saturated carbocycles. The van der Waals surface area contributed by atoms with Gasteiger partial charge in [-0.1, -0.05) is 170 Å². The van der Waals surface area contributed by atoms with Crippen LogP contribution in [-0.4, -0.2) is 16.2 Å². The van der Waals surface area contributed by atoms with Crippen molar-refractivity contribution < 1.29 is 0 Å². The molecule has 0 amide bonds. The molecule has 0 spiro atoms. The molecule has 0 radical (unpaired) electrons. The van der Waals surface area contributed by atoms with Crippen molar-refractivity contribution in [3.8, 4) is 27.9 Å². The van der Waals surface area contributed by atoms with Crippen molar-refractivity contribution in [2.24, 2.45) is 15.7 Å². The third-order valence-corrected chi connectivity index (χ3v) is 11.8. The van der Waals surface area contributed by atoms with Crippen molar-refractivity contribution >= 4 is 65.0 Å². The lowest BCUT2D eigenvalue weighted by Crippen LogP contribution is -2.16. The zero-order valence-electron chi connectivity index (χ0n) is 30.5. The molecule has 56 heavy (non-hydrogen) atoms.